The van der Waals surface area contributed by atoms with Gasteiger partial charge in [-0.15, -0.1) is 0 Å². The molecule has 1 atom stereocenters. The summed E-state index contributed by atoms with van der Waals surface area (Å²) >= 11 is 1.53. The second-order valence-electron chi connectivity index (χ2n) is 8.04. The Hall–Kier alpha value is -1.99. The summed E-state index contributed by atoms with van der Waals surface area (Å²) in [7, 11) is -3.48. The molecule has 0 heterocycles. The zero-order valence-corrected chi connectivity index (χ0v) is 21.1. The van der Waals surface area contributed by atoms with Crippen LogP contribution < -0.4 is 9.62 Å². The lowest BCUT2D eigenvalue weighted by Crippen LogP contribution is -2.33. The topological polar surface area (TPSA) is 66.5 Å². The summed E-state index contributed by atoms with van der Waals surface area (Å²) in [6.07, 6.45) is 6.52. The third-order valence-electron chi connectivity index (χ3n) is 5.40. The van der Waals surface area contributed by atoms with Crippen LogP contribution in [0.15, 0.2) is 64.4 Å². The molecule has 1 N–H and O–H groups in total. The minimum absolute atomic E-state index is 0.0136. The van der Waals surface area contributed by atoms with Gasteiger partial charge in [-0.3, -0.25) is 9.10 Å². The summed E-state index contributed by atoms with van der Waals surface area (Å²) in [6, 6.07) is 17.4. The number of benzene rings is 2. The molecule has 32 heavy (non-hydrogen) atoms. The lowest BCUT2D eigenvalue weighted by molar-refractivity contribution is -0.121. The number of unbranched alkanes of at least 4 members (excludes halogenated alkanes) is 1. The van der Waals surface area contributed by atoms with Crippen molar-refractivity contribution >= 4 is 33.4 Å². The van der Waals surface area contributed by atoms with Crippen LogP contribution in [0.4, 0.5) is 5.69 Å². The van der Waals surface area contributed by atoms with Gasteiger partial charge >= 0.3 is 0 Å². The maximum Gasteiger partial charge on any atom is 0.232 e. The molecule has 0 radical (unpaired) electrons. The van der Waals surface area contributed by atoms with E-state index < -0.39 is 10.0 Å². The lowest BCUT2D eigenvalue weighted by Gasteiger charge is -2.24. The highest BCUT2D eigenvalue weighted by molar-refractivity contribution is 7.99. The molecule has 0 aliphatic carbocycles. The number of rotatable bonds is 14. The zero-order chi connectivity index (χ0) is 23.4. The van der Waals surface area contributed by atoms with Crippen LogP contribution in [0.2, 0.25) is 0 Å². The van der Waals surface area contributed by atoms with Crippen molar-refractivity contribution in [1.29, 1.82) is 0 Å². The van der Waals surface area contributed by atoms with E-state index in [4.69, 9.17) is 0 Å². The third kappa shape index (κ3) is 8.87. The molecule has 0 aromatic heterocycles. The first-order valence-electron chi connectivity index (χ1n) is 11.4. The second kappa shape index (κ2) is 13.5. The first-order chi connectivity index (χ1) is 15.3. The van der Waals surface area contributed by atoms with Gasteiger partial charge < -0.3 is 5.32 Å². The van der Waals surface area contributed by atoms with E-state index in [-0.39, 0.29) is 12.5 Å². The summed E-state index contributed by atoms with van der Waals surface area (Å²) in [6.45, 7) is 5.30. The number of sulfonamides is 1. The van der Waals surface area contributed by atoms with E-state index in [1.807, 2.05) is 54.6 Å². The average Bonchev–Trinajstić information content (AvgIpc) is 2.77. The summed E-state index contributed by atoms with van der Waals surface area (Å²) in [5.74, 6) is 0.494. The number of nitrogens with zero attached hydrogens (tertiary/aromatic N) is 1. The molecule has 2 rings (SSSR count). The standard InChI is InChI=1S/C25H36N2O3S2/c1-4-6-13-21(5-2)20-26-25(28)18-12-19-27(32(3,29)30)23-16-10-11-17-24(23)31-22-14-8-7-9-15-22/h7-11,14-17,21H,4-6,12-13,18-20H2,1-3H3,(H,26,28). The van der Waals surface area contributed by atoms with Crippen LogP contribution in [0.1, 0.15) is 52.4 Å². The fourth-order valence-electron chi connectivity index (χ4n) is 3.50. The van der Waals surface area contributed by atoms with E-state index in [0.717, 1.165) is 29.1 Å². The molecule has 0 aliphatic rings. The highest BCUT2D eigenvalue weighted by Gasteiger charge is 2.21. The Balaban J connectivity index is 2.00. The van der Waals surface area contributed by atoms with Crippen LogP contribution in [0.5, 0.6) is 0 Å². The SMILES string of the molecule is CCCCC(CC)CNC(=O)CCCN(c1ccccc1Sc1ccccc1)S(C)(=O)=O. The van der Waals surface area contributed by atoms with Crippen molar-refractivity contribution in [2.75, 3.05) is 23.7 Å². The molecular weight excluding hydrogens is 440 g/mol. The minimum Gasteiger partial charge on any atom is -0.356 e. The number of carbonyl (C=O) groups is 1. The predicted octanol–water partition coefficient (Wildman–Crippen LogP) is 5.72. The number of nitrogens with one attached hydrogen (secondary N) is 1. The van der Waals surface area contributed by atoms with Crippen LogP contribution >= 0.6 is 11.8 Å². The molecule has 1 amide bonds. The number of amides is 1. The number of hydrogen-bond donors (Lipinski definition) is 1. The van der Waals surface area contributed by atoms with Crippen molar-refractivity contribution in [3.63, 3.8) is 0 Å². The normalized spacial score (nSPS) is 12.3. The van der Waals surface area contributed by atoms with Crippen molar-refractivity contribution < 1.29 is 13.2 Å². The maximum atomic E-state index is 12.6. The van der Waals surface area contributed by atoms with E-state index in [0.29, 0.717) is 31.0 Å². The summed E-state index contributed by atoms with van der Waals surface area (Å²) in [5, 5.41) is 3.03. The number of carbonyl (C=O) groups excluding carboxylic acids is 1. The van der Waals surface area contributed by atoms with Crippen LogP contribution in [-0.4, -0.2) is 33.7 Å². The van der Waals surface area contributed by atoms with Gasteiger partial charge in [-0.05, 0) is 43.0 Å². The van der Waals surface area contributed by atoms with Gasteiger partial charge in [0, 0.05) is 29.3 Å². The lowest BCUT2D eigenvalue weighted by atomic mass is 9.99. The van der Waals surface area contributed by atoms with Crippen LogP contribution in [0.25, 0.3) is 0 Å². The van der Waals surface area contributed by atoms with Crippen molar-refractivity contribution in [3.8, 4) is 0 Å². The van der Waals surface area contributed by atoms with E-state index in [9.17, 15) is 13.2 Å². The molecule has 0 saturated carbocycles. The summed E-state index contributed by atoms with van der Waals surface area (Å²) in [5.41, 5.74) is 0.648. The number of hydrogen-bond acceptors (Lipinski definition) is 4. The first-order valence-corrected chi connectivity index (χ1v) is 14.1. The molecule has 0 saturated heterocycles. The van der Waals surface area contributed by atoms with Gasteiger partial charge in [-0.25, -0.2) is 8.42 Å². The Kier molecular flexibility index (Phi) is 11.1. The molecule has 2 aromatic carbocycles. The van der Waals surface area contributed by atoms with Gasteiger partial charge in [0.1, 0.15) is 0 Å². The fourth-order valence-corrected chi connectivity index (χ4v) is 5.51. The van der Waals surface area contributed by atoms with Crippen LogP contribution in [0, 0.1) is 5.92 Å². The Morgan fingerprint density at radius 2 is 1.72 bits per heavy atom. The molecular formula is C25H36N2O3S2. The van der Waals surface area contributed by atoms with Gasteiger partial charge in [0.2, 0.25) is 15.9 Å². The van der Waals surface area contributed by atoms with E-state index in [1.165, 1.54) is 28.7 Å². The average molecular weight is 477 g/mol. The molecule has 7 heteroatoms. The highest BCUT2D eigenvalue weighted by atomic mass is 32.2. The molecule has 5 nitrogen and oxygen atoms in total. The predicted molar refractivity (Wildman–Crippen MR) is 135 cm³/mol. The molecule has 0 aliphatic heterocycles. The summed E-state index contributed by atoms with van der Waals surface area (Å²) in [4.78, 5) is 14.2. The Morgan fingerprint density at radius 3 is 2.38 bits per heavy atom. The van der Waals surface area contributed by atoms with Crippen molar-refractivity contribution in [2.45, 2.75) is 62.2 Å². The third-order valence-corrected chi connectivity index (χ3v) is 7.65. The molecule has 2 aromatic rings. The number of anilines is 1. The van der Waals surface area contributed by atoms with E-state index in [1.54, 1.807) is 0 Å². The summed E-state index contributed by atoms with van der Waals surface area (Å²) < 4.78 is 26.6. The molecule has 0 spiro atoms. The van der Waals surface area contributed by atoms with E-state index in [2.05, 4.69) is 19.2 Å². The maximum absolute atomic E-state index is 12.6. The van der Waals surface area contributed by atoms with Gasteiger partial charge in [0.15, 0.2) is 0 Å². The molecule has 0 fully saturated rings. The Bertz CT molecular complexity index is 933. The van der Waals surface area contributed by atoms with E-state index >= 15 is 0 Å². The van der Waals surface area contributed by atoms with Gasteiger partial charge in [-0.1, -0.05) is 75.2 Å². The Morgan fingerprint density at radius 1 is 1.03 bits per heavy atom. The van der Waals surface area contributed by atoms with Gasteiger partial charge in [0.05, 0.1) is 11.9 Å². The quantitative estimate of drug-likeness (QED) is 0.379. The number of para-hydroxylation sites is 1. The van der Waals surface area contributed by atoms with Gasteiger partial charge in [-0.2, -0.15) is 0 Å². The fraction of sp³-hybridized carbons (Fsp3) is 0.480. The highest BCUT2D eigenvalue weighted by Crippen LogP contribution is 2.36. The van der Waals surface area contributed by atoms with Crippen molar-refractivity contribution in [1.82, 2.24) is 5.32 Å². The minimum atomic E-state index is -3.48. The zero-order valence-electron chi connectivity index (χ0n) is 19.4. The molecule has 176 valence electrons. The molecule has 0 bridgehead atoms. The Labute approximate surface area is 198 Å². The van der Waals surface area contributed by atoms with Crippen LogP contribution in [0.3, 0.4) is 0 Å². The van der Waals surface area contributed by atoms with Crippen molar-refractivity contribution in [2.24, 2.45) is 5.92 Å². The monoisotopic (exact) mass is 476 g/mol. The molecule has 1 unspecified atom stereocenters. The smallest absolute Gasteiger partial charge is 0.232 e. The second-order valence-corrected chi connectivity index (χ2v) is 11.1. The van der Waals surface area contributed by atoms with Crippen LogP contribution in [-0.2, 0) is 14.8 Å². The van der Waals surface area contributed by atoms with Crippen molar-refractivity contribution in [3.05, 3.63) is 54.6 Å². The largest absolute Gasteiger partial charge is 0.356 e. The first kappa shape index (κ1) is 26.3. The van der Waals surface area contributed by atoms with Gasteiger partial charge in [0.25, 0.3) is 0 Å².